The highest BCUT2D eigenvalue weighted by Gasteiger charge is 2.09. The first-order valence-electron chi connectivity index (χ1n) is 6.99. The number of amides is 2. The maximum absolute atomic E-state index is 11.9. The number of nitrogens with one attached hydrogen (secondary N) is 2. The van der Waals surface area contributed by atoms with Crippen LogP contribution in [-0.2, 0) is 6.42 Å². The molecule has 4 heteroatoms. The van der Waals surface area contributed by atoms with Gasteiger partial charge in [0.05, 0.1) is 12.6 Å². The van der Waals surface area contributed by atoms with Crippen molar-refractivity contribution in [1.82, 2.24) is 5.32 Å². The molecular weight excluding hydrogens is 264 g/mol. The Labute approximate surface area is 124 Å². The molecular formula is C17H20N2O2. The Balaban J connectivity index is 2.08. The highest BCUT2D eigenvalue weighted by molar-refractivity contribution is 5.90. The number of carbonyl (C=O) groups is 1. The van der Waals surface area contributed by atoms with Crippen molar-refractivity contribution in [2.24, 2.45) is 0 Å². The highest BCUT2D eigenvalue weighted by atomic mass is 16.3. The number of anilines is 1. The van der Waals surface area contributed by atoms with E-state index in [1.807, 2.05) is 42.5 Å². The van der Waals surface area contributed by atoms with Crippen LogP contribution < -0.4 is 10.6 Å². The molecule has 0 saturated heterocycles. The normalized spacial score (nSPS) is 11.7. The summed E-state index contributed by atoms with van der Waals surface area (Å²) in [5, 5.41) is 14.5. The lowest BCUT2D eigenvalue weighted by Crippen LogP contribution is -2.38. The van der Waals surface area contributed by atoms with Gasteiger partial charge in [0.1, 0.15) is 0 Å². The number of urea groups is 1. The standard InChI is InChI=1S/C17H20N2O2/c1-13(12-20)18-17(21)19-16-10-6-5-9-15(16)11-14-7-3-2-4-8-14/h2-10,13,20H,11-12H2,1H3,(H2,18,19,21). The Morgan fingerprint density at radius 3 is 2.48 bits per heavy atom. The molecule has 0 radical (unpaired) electrons. The second-order valence-corrected chi connectivity index (χ2v) is 5.00. The Hall–Kier alpha value is -2.33. The predicted octanol–water partition coefficient (Wildman–Crippen LogP) is 2.78. The van der Waals surface area contributed by atoms with Crippen LogP contribution in [0, 0.1) is 0 Å². The second-order valence-electron chi connectivity index (χ2n) is 5.00. The van der Waals surface area contributed by atoms with E-state index in [1.54, 1.807) is 6.92 Å². The average molecular weight is 284 g/mol. The molecule has 2 rings (SSSR count). The number of rotatable bonds is 5. The molecule has 0 heterocycles. The predicted molar refractivity (Wildman–Crippen MR) is 84.4 cm³/mol. The van der Waals surface area contributed by atoms with E-state index >= 15 is 0 Å². The summed E-state index contributed by atoms with van der Waals surface area (Å²) >= 11 is 0. The number of aliphatic hydroxyl groups excluding tert-OH is 1. The molecule has 0 spiro atoms. The van der Waals surface area contributed by atoms with Crippen molar-refractivity contribution in [2.75, 3.05) is 11.9 Å². The molecule has 0 aromatic heterocycles. The first kappa shape index (κ1) is 15.1. The van der Waals surface area contributed by atoms with E-state index < -0.39 is 0 Å². The maximum atomic E-state index is 11.9. The summed E-state index contributed by atoms with van der Waals surface area (Å²) in [4.78, 5) is 11.9. The molecule has 0 saturated carbocycles. The maximum Gasteiger partial charge on any atom is 0.319 e. The number of benzene rings is 2. The van der Waals surface area contributed by atoms with Crippen LogP contribution in [0.2, 0.25) is 0 Å². The molecule has 1 unspecified atom stereocenters. The number of hydrogen-bond acceptors (Lipinski definition) is 2. The van der Waals surface area contributed by atoms with Gasteiger partial charge in [-0.2, -0.15) is 0 Å². The third-order valence-electron chi connectivity index (χ3n) is 3.15. The van der Waals surface area contributed by atoms with Crippen LogP contribution in [0.3, 0.4) is 0 Å². The molecule has 0 aliphatic carbocycles. The average Bonchev–Trinajstić information content (AvgIpc) is 2.50. The van der Waals surface area contributed by atoms with Crippen molar-refractivity contribution in [3.63, 3.8) is 0 Å². The third kappa shape index (κ3) is 4.61. The van der Waals surface area contributed by atoms with Crippen LogP contribution in [0.4, 0.5) is 10.5 Å². The fourth-order valence-electron chi connectivity index (χ4n) is 2.04. The Morgan fingerprint density at radius 2 is 1.76 bits per heavy atom. The zero-order valence-electron chi connectivity index (χ0n) is 12.0. The quantitative estimate of drug-likeness (QED) is 0.790. The SMILES string of the molecule is CC(CO)NC(=O)Nc1ccccc1Cc1ccccc1. The topological polar surface area (TPSA) is 61.4 Å². The largest absolute Gasteiger partial charge is 0.394 e. The first-order valence-corrected chi connectivity index (χ1v) is 6.99. The smallest absolute Gasteiger partial charge is 0.319 e. The number of aliphatic hydroxyl groups is 1. The second kappa shape index (κ2) is 7.45. The monoisotopic (exact) mass is 284 g/mol. The van der Waals surface area contributed by atoms with Gasteiger partial charge < -0.3 is 15.7 Å². The molecule has 2 amide bonds. The minimum atomic E-state index is -0.308. The van der Waals surface area contributed by atoms with Crippen LogP contribution in [0.15, 0.2) is 54.6 Å². The van der Waals surface area contributed by atoms with Gasteiger partial charge in [-0.3, -0.25) is 0 Å². The Bertz CT molecular complexity index is 584. The number of hydrogen-bond donors (Lipinski definition) is 3. The van der Waals surface area contributed by atoms with Gasteiger partial charge in [0, 0.05) is 5.69 Å². The summed E-state index contributed by atoms with van der Waals surface area (Å²) in [6, 6.07) is 17.2. The summed E-state index contributed by atoms with van der Waals surface area (Å²) in [5.74, 6) is 0. The van der Waals surface area contributed by atoms with Gasteiger partial charge in [0.15, 0.2) is 0 Å². The Morgan fingerprint density at radius 1 is 1.10 bits per heavy atom. The van der Waals surface area contributed by atoms with E-state index in [0.717, 1.165) is 17.7 Å². The zero-order chi connectivity index (χ0) is 15.1. The molecule has 21 heavy (non-hydrogen) atoms. The van der Waals surface area contributed by atoms with E-state index in [4.69, 9.17) is 5.11 Å². The van der Waals surface area contributed by atoms with Crippen molar-refractivity contribution in [2.45, 2.75) is 19.4 Å². The van der Waals surface area contributed by atoms with Gasteiger partial charge >= 0.3 is 6.03 Å². The molecule has 2 aromatic carbocycles. The molecule has 0 bridgehead atoms. The van der Waals surface area contributed by atoms with Crippen molar-refractivity contribution < 1.29 is 9.90 Å². The first-order chi connectivity index (χ1) is 10.2. The van der Waals surface area contributed by atoms with Crippen LogP contribution in [0.1, 0.15) is 18.1 Å². The van der Waals surface area contributed by atoms with E-state index in [2.05, 4.69) is 22.8 Å². The van der Waals surface area contributed by atoms with E-state index in [1.165, 1.54) is 5.56 Å². The molecule has 0 fully saturated rings. The minimum absolute atomic E-state index is 0.0842. The molecule has 3 N–H and O–H groups in total. The van der Waals surface area contributed by atoms with Crippen molar-refractivity contribution in [3.05, 3.63) is 65.7 Å². The van der Waals surface area contributed by atoms with Crippen molar-refractivity contribution in [1.29, 1.82) is 0 Å². The van der Waals surface area contributed by atoms with Crippen molar-refractivity contribution in [3.8, 4) is 0 Å². The van der Waals surface area contributed by atoms with E-state index in [9.17, 15) is 4.79 Å². The van der Waals surface area contributed by atoms with E-state index in [0.29, 0.717) is 0 Å². The van der Waals surface area contributed by atoms with Crippen molar-refractivity contribution >= 4 is 11.7 Å². The summed E-state index contributed by atoms with van der Waals surface area (Å²) in [6.45, 7) is 1.66. The van der Waals surface area contributed by atoms with Gasteiger partial charge in [-0.15, -0.1) is 0 Å². The van der Waals surface area contributed by atoms with Gasteiger partial charge in [-0.25, -0.2) is 4.79 Å². The van der Waals surface area contributed by atoms with E-state index in [-0.39, 0.29) is 18.7 Å². The summed E-state index contributed by atoms with van der Waals surface area (Å²) in [5.41, 5.74) is 3.02. The van der Waals surface area contributed by atoms with Gasteiger partial charge in [0.2, 0.25) is 0 Å². The van der Waals surface area contributed by atoms with Crippen LogP contribution >= 0.6 is 0 Å². The van der Waals surface area contributed by atoms with Crippen LogP contribution in [0.5, 0.6) is 0 Å². The third-order valence-corrected chi connectivity index (χ3v) is 3.15. The molecule has 0 aliphatic heterocycles. The lowest BCUT2D eigenvalue weighted by molar-refractivity contribution is 0.229. The molecule has 0 aliphatic rings. The van der Waals surface area contributed by atoms with Crippen LogP contribution in [-0.4, -0.2) is 23.8 Å². The fraction of sp³-hybridized carbons (Fsp3) is 0.235. The molecule has 2 aromatic rings. The van der Waals surface area contributed by atoms with Gasteiger partial charge in [0.25, 0.3) is 0 Å². The lowest BCUT2D eigenvalue weighted by atomic mass is 10.0. The van der Waals surface area contributed by atoms with Gasteiger partial charge in [-0.05, 0) is 30.5 Å². The summed E-state index contributed by atoms with van der Waals surface area (Å²) in [6.07, 6.45) is 0.757. The minimum Gasteiger partial charge on any atom is -0.394 e. The van der Waals surface area contributed by atoms with Crippen LogP contribution in [0.25, 0.3) is 0 Å². The van der Waals surface area contributed by atoms with Gasteiger partial charge in [-0.1, -0.05) is 48.5 Å². The summed E-state index contributed by atoms with van der Waals surface area (Å²) in [7, 11) is 0. The number of para-hydroxylation sites is 1. The molecule has 110 valence electrons. The fourth-order valence-corrected chi connectivity index (χ4v) is 2.04. The zero-order valence-corrected chi connectivity index (χ0v) is 12.0. The Kier molecular flexibility index (Phi) is 5.35. The lowest BCUT2D eigenvalue weighted by Gasteiger charge is -2.14. The molecule has 4 nitrogen and oxygen atoms in total. The summed E-state index contributed by atoms with van der Waals surface area (Å²) < 4.78 is 0. The molecule has 1 atom stereocenters. The highest BCUT2D eigenvalue weighted by Crippen LogP contribution is 2.19. The number of carbonyl (C=O) groups excluding carboxylic acids is 1.